The summed E-state index contributed by atoms with van der Waals surface area (Å²) in [5.74, 6) is 0.414. The minimum absolute atomic E-state index is 0.0698. The maximum atomic E-state index is 13.7. The van der Waals surface area contributed by atoms with Crippen molar-refractivity contribution in [3.8, 4) is 17.2 Å². The molecule has 0 aromatic heterocycles. The van der Waals surface area contributed by atoms with Crippen LogP contribution in [-0.4, -0.2) is 25.6 Å². The van der Waals surface area contributed by atoms with Crippen LogP contribution in [0.3, 0.4) is 0 Å². The van der Waals surface area contributed by atoms with Crippen molar-refractivity contribution in [3.05, 3.63) is 17.4 Å². The standard InChI is InChI=1S/C10H11FO4/c1-13-7-4-8-10(15-5-14-8)6(2-3-12)9(7)11/h4,12H,2-3,5H2,1H3. The smallest absolute Gasteiger partial charge is 0.231 e. The number of benzene rings is 1. The zero-order valence-electron chi connectivity index (χ0n) is 8.25. The van der Waals surface area contributed by atoms with Crippen LogP contribution in [0, 0.1) is 5.82 Å². The Morgan fingerprint density at radius 2 is 2.33 bits per heavy atom. The first-order valence-electron chi connectivity index (χ1n) is 4.53. The Kier molecular flexibility index (Phi) is 2.64. The van der Waals surface area contributed by atoms with Crippen LogP contribution in [0.1, 0.15) is 5.56 Å². The van der Waals surface area contributed by atoms with Crippen LogP contribution in [-0.2, 0) is 6.42 Å². The van der Waals surface area contributed by atoms with E-state index in [-0.39, 0.29) is 25.6 Å². The molecule has 1 aliphatic rings. The zero-order chi connectivity index (χ0) is 10.8. The minimum Gasteiger partial charge on any atom is -0.494 e. The van der Waals surface area contributed by atoms with E-state index in [1.165, 1.54) is 13.2 Å². The van der Waals surface area contributed by atoms with E-state index in [9.17, 15) is 4.39 Å². The normalized spacial score (nSPS) is 13.0. The lowest BCUT2D eigenvalue weighted by molar-refractivity contribution is 0.172. The molecule has 0 saturated heterocycles. The highest BCUT2D eigenvalue weighted by Gasteiger charge is 2.24. The molecule has 1 N–H and O–H groups in total. The summed E-state index contributed by atoms with van der Waals surface area (Å²) < 4.78 is 28.9. The van der Waals surface area contributed by atoms with Crippen LogP contribution in [0.4, 0.5) is 4.39 Å². The largest absolute Gasteiger partial charge is 0.494 e. The summed E-state index contributed by atoms with van der Waals surface area (Å²) in [6.45, 7) is -0.0831. The molecule has 82 valence electrons. The van der Waals surface area contributed by atoms with Crippen LogP contribution >= 0.6 is 0 Å². The summed E-state index contributed by atoms with van der Waals surface area (Å²) in [6.07, 6.45) is 0.175. The van der Waals surface area contributed by atoms with Gasteiger partial charge in [0.1, 0.15) is 0 Å². The fourth-order valence-corrected chi connectivity index (χ4v) is 1.55. The van der Waals surface area contributed by atoms with E-state index in [4.69, 9.17) is 19.3 Å². The highest BCUT2D eigenvalue weighted by molar-refractivity contribution is 5.54. The molecule has 1 aromatic rings. The second-order valence-corrected chi connectivity index (χ2v) is 3.08. The number of rotatable bonds is 3. The molecular weight excluding hydrogens is 203 g/mol. The topological polar surface area (TPSA) is 47.9 Å². The number of halogens is 1. The third kappa shape index (κ3) is 1.59. The van der Waals surface area contributed by atoms with E-state index >= 15 is 0 Å². The van der Waals surface area contributed by atoms with Gasteiger partial charge in [-0.3, -0.25) is 0 Å². The van der Waals surface area contributed by atoms with Crippen molar-refractivity contribution < 1.29 is 23.7 Å². The van der Waals surface area contributed by atoms with Gasteiger partial charge in [0.2, 0.25) is 6.79 Å². The van der Waals surface area contributed by atoms with Crippen molar-refractivity contribution >= 4 is 0 Å². The van der Waals surface area contributed by atoms with Gasteiger partial charge in [-0.05, 0) is 0 Å². The van der Waals surface area contributed by atoms with Gasteiger partial charge in [-0.1, -0.05) is 0 Å². The van der Waals surface area contributed by atoms with Crippen LogP contribution in [0.25, 0.3) is 0 Å². The number of hydrogen-bond acceptors (Lipinski definition) is 4. The Morgan fingerprint density at radius 1 is 1.53 bits per heavy atom. The predicted molar refractivity (Wildman–Crippen MR) is 49.9 cm³/mol. The van der Waals surface area contributed by atoms with Crippen LogP contribution in [0.5, 0.6) is 17.2 Å². The molecule has 0 saturated carbocycles. The van der Waals surface area contributed by atoms with Crippen LogP contribution in [0.15, 0.2) is 6.07 Å². The van der Waals surface area contributed by atoms with Gasteiger partial charge >= 0.3 is 0 Å². The zero-order valence-corrected chi connectivity index (χ0v) is 8.25. The molecule has 0 bridgehead atoms. The Hall–Kier alpha value is -1.49. The van der Waals surface area contributed by atoms with E-state index in [0.29, 0.717) is 17.1 Å². The van der Waals surface area contributed by atoms with Crippen molar-refractivity contribution in [1.82, 2.24) is 0 Å². The van der Waals surface area contributed by atoms with Crippen molar-refractivity contribution in [2.75, 3.05) is 20.5 Å². The van der Waals surface area contributed by atoms with Gasteiger partial charge in [0.05, 0.1) is 7.11 Å². The number of ether oxygens (including phenoxy) is 3. The summed E-state index contributed by atoms with van der Waals surface area (Å²) in [5.41, 5.74) is 0.296. The van der Waals surface area contributed by atoms with Gasteiger partial charge < -0.3 is 19.3 Å². The fourth-order valence-electron chi connectivity index (χ4n) is 1.55. The van der Waals surface area contributed by atoms with Gasteiger partial charge in [0.25, 0.3) is 0 Å². The summed E-state index contributed by atoms with van der Waals surface area (Å²) in [7, 11) is 1.38. The summed E-state index contributed by atoms with van der Waals surface area (Å²) >= 11 is 0. The third-order valence-electron chi connectivity index (χ3n) is 2.24. The lowest BCUT2D eigenvalue weighted by atomic mass is 10.1. The average molecular weight is 214 g/mol. The highest BCUT2D eigenvalue weighted by atomic mass is 19.1. The fraction of sp³-hybridized carbons (Fsp3) is 0.400. The number of fused-ring (bicyclic) bond motifs is 1. The average Bonchev–Trinajstić information content (AvgIpc) is 2.69. The third-order valence-corrected chi connectivity index (χ3v) is 2.24. The number of hydrogen-bond donors (Lipinski definition) is 1. The number of aliphatic hydroxyl groups excluding tert-OH is 1. The SMILES string of the molecule is COc1cc2c(c(CCO)c1F)OCO2. The Morgan fingerprint density at radius 3 is 3.00 bits per heavy atom. The highest BCUT2D eigenvalue weighted by Crippen LogP contribution is 2.41. The summed E-state index contributed by atoms with van der Waals surface area (Å²) in [6, 6.07) is 1.44. The van der Waals surface area contributed by atoms with Gasteiger partial charge in [-0.2, -0.15) is 0 Å². The molecule has 0 unspecified atom stereocenters. The number of methoxy groups -OCH3 is 1. The van der Waals surface area contributed by atoms with Crippen molar-refractivity contribution in [1.29, 1.82) is 0 Å². The molecule has 1 heterocycles. The quantitative estimate of drug-likeness (QED) is 0.818. The molecule has 15 heavy (non-hydrogen) atoms. The molecule has 4 nitrogen and oxygen atoms in total. The molecule has 5 heteroatoms. The van der Waals surface area contributed by atoms with Gasteiger partial charge in [0.15, 0.2) is 23.1 Å². The lowest BCUT2D eigenvalue weighted by Gasteiger charge is -2.09. The lowest BCUT2D eigenvalue weighted by Crippen LogP contribution is -2.00. The first-order valence-corrected chi connectivity index (χ1v) is 4.53. The van der Waals surface area contributed by atoms with Crippen molar-refractivity contribution in [2.24, 2.45) is 0 Å². The van der Waals surface area contributed by atoms with Crippen molar-refractivity contribution in [2.45, 2.75) is 6.42 Å². The molecular formula is C10H11FO4. The molecule has 1 aliphatic heterocycles. The van der Waals surface area contributed by atoms with E-state index in [0.717, 1.165) is 0 Å². The van der Waals surface area contributed by atoms with E-state index in [1.54, 1.807) is 0 Å². The summed E-state index contributed by atoms with van der Waals surface area (Å²) in [5, 5.41) is 8.84. The molecule has 0 radical (unpaired) electrons. The number of aliphatic hydroxyl groups is 1. The molecule has 2 rings (SSSR count). The van der Waals surface area contributed by atoms with E-state index in [2.05, 4.69) is 0 Å². The summed E-state index contributed by atoms with van der Waals surface area (Å²) in [4.78, 5) is 0. The Balaban J connectivity index is 2.53. The second-order valence-electron chi connectivity index (χ2n) is 3.08. The van der Waals surface area contributed by atoms with Crippen LogP contribution in [0.2, 0.25) is 0 Å². The molecule has 1 aromatic carbocycles. The molecule has 0 atom stereocenters. The van der Waals surface area contributed by atoms with Gasteiger partial charge in [0, 0.05) is 24.7 Å². The van der Waals surface area contributed by atoms with E-state index in [1.807, 2.05) is 0 Å². The molecule has 0 spiro atoms. The van der Waals surface area contributed by atoms with Crippen molar-refractivity contribution in [3.63, 3.8) is 0 Å². The van der Waals surface area contributed by atoms with E-state index < -0.39 is 5.82 Å². The Labute approximate surface area is 86.2 Å². The minimum atomic E-state index is -0.504. The molecule has 0 fully saturated rings. The molecule has 0 amide bonds. The Bertz CT molecular complexity index is 377. The monoisotopic (exact) mass is 214 g/mol. The maximum absolute atomic E-state index is 13.7. The molecule has 0 aliphatic carbocycles. The van der Waals surface area contributed by atoms with Gasteiger partial charge in [-0.25, -0.2) is 4.39 Å². The maximum Gasteiger partial charge on any atom is 0.231 e. The second kappa shape index (κ2) is 3.94. The first-order chi connectivity index (χ1) is 7.27. The van der Waals surface area contributed by atoms with Crippen LogP contribution < -0.4 is 14.2 Å². The predicted octanol–water partition coefficient (Wildman–Crippen LogP) is 1.10. The first kappa shape index (κ1) is 10.0. The van der Waals surface area contributed by atoms with Gasteiger partial charge in [-0.15, -0.1) is 0 Å².